The van der Waals surface area contributed by atoms with Crippen LogP contribution in [0.15, 0.2) is 0 Å². The minimum absolute atomic E-state index is 0.00231. The average Bonchev–Trinajstić information content (AvgIpc) is 2.33. The fraction of sp³-hybridized carbons (Fsp3) is 0.875. The summed E-state index contributed by atoms with van der Waals surface area (Å²) in [5, 5.41) is 10.5. The molecule has 1 fully saturated rings. The third-order valence-corrected chi connectivity index (χ3v) is 2.44. The van der Waals surface area contributed by atoms with Gasteiger partial charge in [0.2, 0.25) is 6.04 Å². The van der Waals surface area contributed by atoms with Crippen LogP contribution in [0.5, 0.6) is 0 Å². The Hall–Kier alpha value is -0.930. The second-order valence-corrected chi connectivity index (χ2v) is 3.45. The molecule has 1 aliphatic carbocycles. The molecule has 0 bridgehead atoms. The van der Waals surface area contributed by atoms with Crippen molar-refractivity contribution in [3.8, 4) is 0 Å². The number of carbonyl (C=O) groups is 1. The number of Topliss-reactive ketones (excluding diaryl/α,β-unsaturated/α-hetero) is 1. The zero-order valence-electron chi connectivity index (χ0n) is 7.16. The average molecular weight is 171 g/mol. The summed E-state index contributed by atoms with van der Waals surface area (Å²) in [6, 6.07) is -0.464. The van der Waals surface area contributed by atoms with Gasteiger partial charge < -0.3 is 4.79 Å². The lowest BCUT2D eigenvalue weighted by atomic mass is 9.98. The Balaban J connectivity index is 2.52. The molecule has 2 atom stereocenters. The van der Waals surface area contributed by atoms with Gasteiger partial charge in [0.15, 0.2) is 0 Å². The molecule has 1 rings (SSSR count). The highest BCUT2D eigenvalue weighted by atomic mass is 16.6. The second kappa shape index (κ2) is 3.65. The van der Waals surface area contributed by atoms with E-state index in [2.05, 4.69) is 0 Å². The Morgan fingerprint density at radius 3 is 2.75 bits per heavy atom. The fourth-order valence-corrected chi connectivity index (χ4v) is 1.90. The summed E-state index contributed by atoms with van der Waals surface area (Å²) >= 11 is 0. The Labute approximate surface area is 71.1 Å². The van der Waals surface area contributed by atoms with Crippen molar-refractivity contribution in [2.24, 2.45) is 5.92 Å². The molecule has 0 aliphatic heterocycles. The topological polar surface area (TPSA) is 60.2 Å². The standard InChI is InChI=1S/C8H13NO3/c1-6(10)5-7-3-2-4-8(7)9(11)12/h7-8H,2-5H2,1H3/t7-,8-/m0/s1. The summed E-state index contributed by atoms with van der Waals surface area (Å²) in [7, 11) is 0. The van der Waals surface area contributed by atoms with E-state index in [-0.39, 0.29) is 16.6 Å². The SMILES string of the molecule is CC(=O)C[C@@H]1CCC[C@@H]1[N+](=O)[O-]. The van der Waals surface area contributed by atoms with E-state index in [1.165, 1.54) is 6.92 Å². The maximum absolute atomic E-state index is 10.7. The lowest BCUT2D eigenvalue weighted by molar-refractivity contribution is -0.528. The lowest BCUT2D eigenvalue weighted by Gasteiger charge is -2.09. The van der Waals surface area contributed by atoms with E-state index in [1.54, 1.807) is 0 Å². The van der Waals surface area contributed by atoms with Crippen LogP contribution >= 0.6 is 0 Å². The van der Waals surface area contributed by atoms with Crippen LogP contribution < -0.4 is 0 Å². The third-order valence-electron chi connectivity index (χ3n) is 2.44. The molecule has 0 N–H and O–H groups in total. The largest absolute Gasteiger partial charge is 0.300 e. The molecule has 0 unspecified atom stereocenters. The summed E-state index contributed by atoms with van der Waals surface area (Å²) in [4.78, 5) is 21.0. The van der Waals surface area contributed by atoms with Crippen LogP contribution in [0.1, 0.15) is 32.6 Å². The van der Waals surface area contributed by atoms with Gasteiger partial charge >= 0.3 is 0 Å². The number of nitro groups is 1. The summed E-state index contributed by atoms with van der Waals surface area (Å²) in [6.45, 7) is 1.50. The molecule has 4 heteroatoms. The fourth-order valence-electron chi connectivity index (χ4n) is 1.90. The van der Waals surface area contributed by atoms with Gasteiger partial charge in [-0.3, -0.25) is 10.1 Å². The Morgan fingerprint density at radius 1 is 1.58 bits per heavy atom. The van der Waals surface area contributed by atoms with Crippen molar-refractivity contribution in [1.82, 2.24) is 0 Å². The number of ketones is 1. The van der Waals surface area contributed by atoms with Crippen LogP contribution in [0, 0.1) is 16.0 Å². The number of nitrogens with zero attached hydrogens (tertiary/aromatic N) is 1. The van der Waals surface area contributed by atoms with Gasteiger partial charge in [-0.25, -0.2) is 0 Å². The summed E-state index contributed by atoms with van der Waals surface area (Å²) in [5.74, 6) is 0.0613. The van der Waals surface area contributed by atoms with E-state index < -0.39 is 6.04 Å². The zero-order chi connectivity index (χ0) is 9.14. The molecule has 68 valence electrons. The van der Waals surface area contributed by atoms with Gasteiger partial charge in [0.1, 0.15) is 5.78 Å². The highest BCUT2D eigenvalue weighted by molar-refractivity contribution is 5.75. The molecular weight excluding hydrogens is 158 g/mol. The Bertz CT molecular complexity index is 202. The number of rotatable bonds is 3. The van der Waals surface area contributed by atoms with Gasteiger partial charge in [0, 0.05) is 23.7 Å². The highest BCUT2D eigenvalue weighted by Crippen LogP contribution is 2.30. The highest BCUT2D eigenvalue weighted by Gasteiger charge is 2.36. The van der Waals surface area contributed by atoms with Crippen molar-refractivity contribution in [2.45, 2.75) is 38.6 Å². The van der Waals surface area contributed by atoms with Gasteiger partial charge in [-0.05, 0) is 19.8 Å². The molecule has 0 aromatic rings. The quantitative estimate of drug-likeness (QED) is 0.476. The van der Waals surface area contributed by atoms with Gasteiger partial charge in [-0.1, -0.05) is 0 Å². The molecule has 12 heavy (non-hydrogen) atoms. The number of hydrogen-bond acceptors (Lipinski definition) is 3. The van der Waals surface area contributed by atoms with Crippen LogP contribution in [0.25, 0.3) is 0 Å². The molecule has 0 spiro atoms. The van der Waals surface area contributed by atoms with Crippen LogP contribution in [0.2, 0.25) is 0 Å². The first-order chi connectivity index (χ1) is 5.61. The molecule has 0 radical (unpaired) electrons. The lowest BCUT2D eigenvalue weighted by Crippen LogP contribution is -2.25. The monoisotopic (exact) mass is 171 g/mol. The molecule has 1 saturated carbocycles. The maximum atomic E-state index is 10.7. The van der Waals surface area contributed by atoms with Crippen LogP contribution in [0.4, 0.5) is 0 Å². The molecule has 0 saturated heterocycles. The van der Waals surface area contributed by atoms with Crippen molar-refractivity contribution in [1.29, 1.82) is 0 Å². The van der Waals surface area contributed by atoms with E-state index in [1.807, 2.05) is 0 Å². The number of carbonyl (C=O) groups excluding carboxylic acids is 1. The molecular formula is C8H13NO3. The van der Waals surface area contributed by atoms with Crippen LogP contribution in [-0.2, 0) is 4.79 Å². The molecule has 4 nitrogen and oxygen atoms in total. The first-order valence-corrected chi connectivity index (χ1v) is 4.24. The first-order valence-electron chi connectivity index (χ1n) is 4.24. The van der Waals surface area contributed by atoms with Crippen molar-refractivity contribution in [2.75, 3.05) is 0 Å². The predicted molar refractivity (Wildman–Crippen MR) is 43.4 cm³/mol. The zero-order valence-corrected chi connectivity index (χ0v) is 7.16. The summed E-state index contributed by atoms with van der Waals surface area (Å²) in [6.07, 6.45) is 2.76. The normalized spacial score (nSPS) is 28.8. The minimum Gasteiger partial charge on any atom is -0.300 e. The summed E-state index contributed by atoms with van der Waals surface area (Å²) < 4.78 is 0. The molecule has 0 heterocycles. The van der Waals surface area contributed by atoms with Crippen LogP contribution in [0.3, 0.4) is 0 Å². The van der Waals surface area contributed by atoms with Crippen molar-refractivity contribution in [3.63, 3.8) is 0 Å². The van der Waals surface area contributed by atoms with Crippen molar-refractivity contribution in [3.05, 3.63) is 10.1 Å². The Kier molecular flexibility index (Phi) is 2.78. The second-order valence-electron chi connectivity index (χ2n) is 3.45. The van der Waals surface area contributed by atoms with Crippen LogP contribution in [-0.4, -0.2) is 16.7 Å². The van der Waals surface area contributed by atoms with Gasteiger partial charge in [-0.15, -0.1) is 0 Å². The van der Waals surface area contributed by atoms with E-state index in [9.17, 15) is 14.9 Å². The van der Waals surface area contributed by atoms with E-state index >= 15 is 0 Å². The molecule has 0 amide bonds. The van der Waals surface area contributed by atoms with Crippen molar-refractivity contribution >= 4 is 5.78 Å². The summed E-state index contributed by atoms with van der Waals surface area (Å²) in [5.41, 5.74) is 0. The minimum atomic E-state index is -0.464. The first kappa shape index (κ1) is 9.16. The van der Waals surface area contributed by atoms with Gasteiger partial charge in [-0.2, -0.15) is 0 Å². The molecule has 0 aromatic heterocycles. The van der Waals surface area contributed by atoms with Gasteiger partial charge in [0.25, 0.3) is 0 Å². The van der Waals surface area contributed by atoms with Gasteiger partial charge in [0.05, 0.1) is 0 Å². The smallest absolute Gasteiger partial charge is 0.216 e. The Morgan fingerprint density at radius 2 is 2.25 bits per heavy atom. The molecule has 1 aliphatic rings. The maximum Gasteiger partial charge on any atom is 0.216 e. The van der Waals surface area contributed by atoms with Crippen molar-refractivity contribution < 1.29 is 9.72 Å². The predicted octanol–water partition coefficient (Wildman–Crippen LogP) is 1.41. The van der Waals surface area contributed by atoms with E-state index in [0.717, 1.165) is 12.8 Å². The van der Waals surface area contributed by atoms with E-state index in [0.29, 0.717) is 12.8 Å². The van der Waals surface area contributed by atoms with E-state index in [4.69, 9.17) is 0 Å². The number of hydrogen-bond donors (Lipinski definition) is 0. The third kappa shape index (κ3) is 2.03. The molecule has 0 aromatic carbocycles.